The van der Waals surface area contributed by atoms with Gasteiger partial charge in [0, 0.05) is 5.75 Å². The van der Waals surface area contributed by atoms with Crippen LogP contribution in [-0.4, -0.2) is 5.75 Å². The molecule has 0 amide bonds. The Labute approximate surface area is 113 Å². The Hall–Kier alpha value is 0.140. The molecule has 0 spiro atoms. The van der Waals surface area contributed by atoms with Gasteiger partial charge in [-0.15, -0.1) is 0 Å². The summed E-state index contributed by atoms with van der Waals surface area (Å²) in [5.74, 6) is 1.57. The van der Waals surface area contributed by atoms with Crippen LogP contribution in [0, 0.1) is 0 Å². The molecule has 1 aromatic carbocycles. The van der Waals surface area contributed by atoms with E-state index in [2.05, 4.69) is 37.3 Å². The van der Waals surface area contributed by atoms with Crippen LogP contribution in [-0.2, 0) is 11.8 Å². The average molecular weight is 288 g/mol. The molecule has 1 aromatic rings. The quantitative estimate of drug-likeness (QED) is 0.749. The summed E-state index contributed by atoms with van der Waals surface area (Å²) in [6.45, 7) is 2.22. The molecule has 0 fully saturated rings. The van der Waals surface area contributed by atoms with Gasteiger partial charge in [-0.25, -0.2) is 0 Å². The van der Waals surface area contributed by atoms with Crippen molar-refractivity contribution >= 4 is 28.7 Å². The molecular weight excluding hydrogens is 267 g/mol. The minimum atomic E-state index is -2.08. The van der Waals surface area contributed by atoms with E-state index in [0.29, 0.717) is 5.92 Å². The molecule has 5 heteroatoms. The molecule has 0 unspecified atom stereocenters. The van der Waals surface area contributed by atoms with Gasteiger partial charge in [0.1, 0.15) is 5.54 Å². The highest BCUT2D eigenvalue weighted by Crippen LogP contribution is 2.44. The van der Waals surface area contributed by atoms with Gasteiger partial charge in [0.15, 0.2) is 0 Å². The number of nitrogens with two attached hydrogens (primary N) is 2. The lowest BCUT2D eigenvalue weighted by molar-refractivity contribution is 0.600. The van der Waals surface area contributed by atoms with Crippen molar-refractivity contribution in [1.82, 2.24) is 0 Å². The molecule has 0 heterocycles. The Morgan fingerprint density at radius 3 is 2.41 bits per heavy atom. The number of hydrogen-bond donors (Lipinski definition) is 2. The summed E-state index contributed by atoms with van der Waals surface area (Å²) in [6.07, 6.45) is 3.52. The van der Waals surface area contributed by atoms with Crippen LogP contribution in [0.5, 0.6) is 0 Å². The maximum Gasteiger partial charge on any atom is 0.122 e. The molecule has 4 N–H and O–H groups in total. The van der Waals surface area contributed by atoms with Gasteiger partial charge in [0.25, 0.3) is 0 Å². The summed E-state index contributed by atoms with van der Waals surface area (Å²) in [5.41, 5.74) is 10.7. The second kappa shape index (κ2) is 7.55. The van der Waals surface area contributed by atoms with Crippen LogP contribution in [0.3, 0.4) is 0 Å². The van der Waals surface area contributed by atoms with Gasteiger partial charge in [-0.3, -0.25) is 11.0 Å². The standard InChI is InChI=1S/C12H21N2PS2/c1-2-6-11(9-10-17-15(13,14)16)12-7-4-3-5-8-12/h3-5,7-8,11H,2,6,9-10H2,1H3,(H4,13,14,16)/t11-/m0/s1. The smallest absolute Gasteiger partial charge is 0.122 e. The fourth-order valence-electron chi connectivity index (χ4n) is 1.89. The second-order valence-electron chi connectivity index (χ2n) is 4.16. The van der Waals surface area contributed by atoms with E-state index in [0.717, 1.165) is 12.2 Å². The lowest BCUT2D eigenvalue weighted by Gasteiger charge is -2.17. The third-order valence-electron chi connectivity index (χ3n) is 2.67. The molecule has 17 heavy (non-hydrogen) atoms. The lowest BCUT2D eigenvalue weighted by atomic mass is 9.92. The van der Waals surface area contributed by atoms with E-state index in [4.69, 9.17) is 22.8 Å². The predicted molar refractivity (Wildman–Crippen MR) is 83.8 cm³/mol. The third-order valence-corrected chi connectivity index (χ3v) is 6.20. The Morgan fingerprint density at radius 2 is 1.88 bits per heavy atom. The zero-order valence-electron chi connectivity index (χ0n) is 10.2. The maximum absolute atomic E-state index is 5.70. The van der Waals surface area contributed by atoms with Gasteiger partial charge in [-0.1, -0.05) is 66.9 Å². The van der Waals surface area contributed by atoms with E-state index in [1.807, 2.05) is 0 Å². The van der Waals surface area contributed by atoms with Crippen LogP contribution in [0.1, 0.15) is 37.7 Å². The largest absolute Gasteiger partial charge is 0.283 e. The Morgan fingerprint density at radius 1 is 1.24 bits per heavy atom. The zero-order valence-corrected chi connectivity index (χ0v) is 12.7. The highest BCUT2D eigenvalue weighted by Gasteiger charge is 2.12. The van der Waals surface area contributed by atoms with Gasteiger partial charge < -0.3 is 0 Å². The Kier molecular flexibility index (Phi) is 6.75. The van der Waals surface area contributed by atoms with Crippen molar-refractivity contribution in [3.05, 3.63) is 35.9 Å². The summed E-state index contributed by atoms with van der Waals surface area (Å²) in [7, 11) is 0. The van der Waals surface area contributed by atoms with Gasteiger partial charge in [0.05, 0.1) is 0 Å². The van der Waals surface area contributed by atoms with Crippen molar-refractivity contribution in [2.24, 2.45) is 11.0 Å². The Balaban J connectivity index is 2.53. The monoisotopic (exact) mass is 288 g/mol. The minimum absolute atomic E-state index is 0.607. The molecule has 0 saturated carbocycles. The fourth-order valence-corrected chi connectivity index (χ4v) is 4.41. The molecule has 2 nitrogen and oxygen atoms in total. The first-order valence-electron chi connectivity index (χ1n) is 5.89. The SMILES string of the molecule is CCC[C@@H](CCSP(N)(N)=S)c1ccccc1. The highest BCUT2D eigenvalue weighted by atomic mass is 32.9. The van der Waals surface area contributed by atoms with Crippen LogP contribution < -0.4 is 11.0 Å². The summed E-state index contributed by atoms with van der Waals surface area (Å²) >= 11 is 6.61. The van der Waals surface area contributed by atoms with Gasteiger partial charge in [-0.2, -0.15) is 0 Å². The first-order valence-corrected chi connectivity index (χ1v) is 10.4. The molecule has 0 aliphatic carbocycles. The summed E-state index contributed by atoms with van der Waals surface area (Å²) < 4.78 is 0. The predicted octanol–water partition coefficient (Wildman–Crippen LogP) is 3.84. The molecule has 1 rings (SSSR count). The average Bonchev–Trinajstić information content (AvgIpc) is 2.27. The van der Waals surface area contributed by atoms with Crippen molar-refractivity contribution < 1.29 is 0 Å². The van der Waals surface area contributed by atoms with Crippen LogP contribution in [0.25, 0.3) is 0 Å². The molecule has 0 radical (unpaired) electrons. The lowest BCUT2D eigenvalue weighted by Crippen LogP contribution is -2.04. The van der Waals surface area contributed by atoms with Gasteiger partial charge in [-0.05, 0) is 24.3 Å². The molecule has 1 atom stereocenters. The van der Waals surface area contributed by atoms with Crippen LogP contribution in [0.15, 0.2) is 30.3 Å². The van der Waals surface area contributed by atoms with E-state index in [1.54, 1.807) is 11.4 Å². The number of rotatable bonds is 7. The Bertz CT molecular complexity index is 364. The fraction of sp³-hybridized carbons (Fsp3) is 0.500. The van der Waals surface area contributed by atoms with Crippen molar-refractivity contribution in [2.75, 3.05) is 5.75 Å². The van der Waals surface area contributed by atoms with Crippen molar-refractivity contribution in [3.63, 3.8) is 0 Å². The first kappa shape index (κ1) is 15.2. The summed E-state index contributed by atoms with van der Waals surface area (Å²) in [6, 6.07) is 10.7. The van der Waals surface area contributed by atoms with Gasteiger partial charge in [0.2, 0.25) is 0 Å². The van der Waals surface area contributed by atoms with Crippen LogP contribution >= 0.6 is 16.9 Å². The number of benzene rings is 1. The van der Waals surface area contributed by atoms with Gasteiger partial charge >= 0.3 is 0 Å². The van der Waals surface area contributed by atoms with Crippen LogP contribution in [0.2, 0.25) is 0 Å². The summed E-state index contributed by atoms with van der Waals surface area (Å²) in [4.78, 5) is 0. The molecule has 0 aromatic heterocycles. The van der Waals surface area contributed by atoms with E-state index < -0.39 is 5.54 Å². The topological polar surface area (TPSA) is 52.0 Å². The van der Waals surface area contributed by atoms with E-state index in [1.165, 1.54) is 18.4 Å². The molecule has 0 bridgehead atoms. The minimum Gasteiger partial charge on any atom is -0.283 e. The second-order valence-corrected chi connectivity index (χ2v) is 11.2. The van der Waals surface area contributed by atoms with E-state index >= 15 is 0 Å². The normalized spacial score (nSPS) is 13.6. The van der Waals surface area contributed by atoms with E-state index in [9.17, 15) is 0 Å². The molecule has 0 aliphatic heterocycles. The molecule has 96 valence electrons. The molecular formula is C12H21N2PS2. The maximum atomic E-state index is 5.70. The highest BCUT2D eigenvalue weighted by molar-refractivity contribution is 8.69. The number of hydrogen-bond acceptors (Lipinski definition) is 2. The zero-order chi connectivity index (χ0) is 12.7. The van der Waals surface area contributed by atoms with Crippen LogP contribution in [0.4, 0.5) is 0 Å². The summed E-state index contributed by atoms with van der Waals surface area (Å²) in [5, 5.41) is 0. The van der Waals surface area contributed by atoms with Crippen molar-refractivity contribution in [1.29, 1.82) is 0 Å². The molecule has 0 saturated heterocycles. The van der Waals surface area contributed by atoms with E-state index in [-0.39, 0.29) is 0 Å². The van der Waals surface area contributed by atoms with Crippen molar-refractivity contribution in [3.8, 4) is 0 Å². The first-order chi connectivity index (χ1) is 8.03. The molecule has 0 aliphatic rings. The van der Waals surface area contributed by atoms with Crippen molar-refractivity contribution in [2.45, 2.75) is 32.1 Å². The third kappa shape index (κ3) is 6.58.